The van der Waals surface area contributed by atoms with Crippen LogP contribution in [0.2, 0.25) is 0 Å². The van der Waals surface area contributed by atoms with Crippen LogP contribution in [0.1, 0.15) is 16.7 Å². The number of aryl methyl sites for hydroxylation is 1. The van der Waals surface area contributed by atoms with Crippen molar-refractivity contribution in [2.75, 3.05) is 0 Å². The molecule has 2 aromatic carbocycles. The number of benzene rings is 2. The standard InChI is InChI=1S/C17H13NO4/c1-10-2-4-11(5-3-10)16-18-14(17(21)22-16)8-12-6-7-13(19)9-15(12)20/h2-9,19-20H,1H3/b14-8+. The molecule has 0 amide bonds. The highest BCUT2D eigenvalue weighted by atomic mass is 16.6. The van der Waals surface area contributed by atoms with Crippen molar-refractivity contribution in [2.24, 2.45) is 4.99 Å². The van der Waals surface area contributed by atoms with Gasteiger partial charge in [0.1, 0.15) is 11.5 Å². The van der Waals surface area contributed by atoms with Crippen molar-refractivity contribution in [1.82, 2.24) is 0 Å². The number of ether oxygens (including phenoxy) is 1. The van der Waals surface area contributed by atoms with Crippen molar-refractivity contribution in [3.8, 4) is 11.5 Å². The lowest BCUT2D eigenvalue weighted by atomic mass is 10.1. The third-order valence-electron chi connectivity index (χ3n) is 3.23. The summed E-state index contributed by atoms with van der Waals surface area (Å²) in [6, 6.07) is 11.5. The second-order valence-corrected chi connectivity index (χ2v) is 4.95. The maximum Gasteiger partial charge on any atom is 0.363 e. The van der Waals surface area contributed by atoms with Gasteiger partial charge in [0, 0.05) is 17.2 Å². The van der Waals surface area contributed by atoms with E-state index in [4.69, 9.17) is 4.74 Å². The summed E-state index contributed by atoms with van der Waals surface area (Å²) >= 11 is 0. The molecule has 3 rings (SSSR count). The first-order chi connectivity index (χ1) is 10.5. The zero-order valence-corrected chi connectivity index (χ0v) is 11.8. The molecule has 0 aromatic heterocycles. The van der Waals surface area contributed by atoms with Crippen LogP contribution in [-0.2, 0) is 9.53 Å². The first-order valence-electron chi connectivity index (χ1n) is 6.64. The van der Waals surface area contributed by atoms with E-state index in [0.29, 0.717) is 11.1 Å². The summed E-state index contributed by atoms with van der Waals surface area (Å²) in [5.41, 5.74) is 2.27. The minimum absolute atomic E-state index is 0.0579. The van der Waals surface area contributed by atoms with Crippen LogP contribution in [0.25, 0.3) is 6.08 Å². The van der Waals surface area contributed by atoms with Crippen molar-refractivity contribution >= 4 is 17.9 Å². The maximum atomic E-state index is 11.9. The highest BCUT2D eigenvalue weighted by Gasteiger charge is 2.24. The number of esters is 1. The highest BCUT2D eigenvalue weighted by Crippen LogP contribution is 2.27. The Morgan fingerprint density at radius 1 is 1.09 bits per heavy atom. The lowest BCUT2D eigenvalue weighted by Crippen LogP contribution is -2.05. The quantitative estimate of drug-likeness (QED) is 0.659. The van der Waals surface area contributed by atoms with Gasteiger partial charge >= 0.3 is 5.97 Å². The number of phenolic OH excluding ortho intramolecular Hbond substituents is 2. The molecule has 0 atom stereocenters. The molecule has 2 N–H and O–H groups in total. The Morgan fingerprint density at radius 2 is 1.82 bits per heavy atom. The number of carbonyl (C=O) groups is 1. The number of hydrogen-bond donors (Lipinski definition) is 2. The highest BCUT2D eigenvalue weighted by molar-refractivity contribution is 6.12. The summed E-state index contributed by atoms with van der Waals surface area (Å²) in [7, 11) is 0. The first-order valence-corrected chi connectivity index (χ1v) is 6.64. The van der Waals surface area contributed by atoms with E-state index in [1.807, 2.05) is 31.2 Å². The van der Waals surface area contributed by atoms with Gasteiger partial charge < -0.3 is 14.9 Å². The van der Waals surface area contributed by atoms with Crippen LogP contribution in [-0.4, -0.2) is 22.1 Å². The van der Waals surface area contributed by atoms with Crippen molar-refractivity contribution in [2.45, 2.75) is 6.92 Å². The molecule has 5 heteroatoms. The molecular weight excluding hydrogens is 282 g/mol. The van der Waals surface area contributed by atoms with Crippen molar-refractivity contribution in [3.63, 3.8) is 0 Å². The van der Waals surface area contributed by atoms with Gasteiger partial charge in [0.25, 0.3) is 0 Å². The monoisotopic (exact) mass is 295 g/mol. The number of hydrogen-bond acceptors (Lipinski definition) is 5. The van der Waals surface area contributed by atoms with Crippen LogP contribution >= 0.6 is 0 Å². The zero-order chi connectivity index (χ0) is 15.7. The summed E-state index contributed by atoms with van der Waals surface area (Å²) in [5.74, 6) is -0.547. The average molecular weight is 295 g/mol. The van der Waals surface area contributed by atoms with E-state index in [2.05, 4.69) is 4.99 Å². The van der Waals surface area contributed by atoms with Crippen molar-refractivity contribution < 1.29 is 19.7 Å². The van der Waals surface area contributed by atoms with Crippen LogP contribution in [0.5, 0.6) is 11.5 Å². The molecule has 0 bridgehead atoms. The summed E-state index contributed by atoms with van der Waals surface area (Å²) in [5, 5.41) is 19.0. The zero-order valence-electron chi connectivity index (χ0n) is 11.8. The third-order valence-corrected chi connectivity index (χ3v) is 3.23. The molecule has 1 aliphatic rings. The average Bonchev–Trinajstić information content (AvgIpc) is 2.84. The van der Waals surface area contributed by atoms with Crippen LogP contribution in [0.3, 0.4) is 0 Å². The minimum Gasteiger partial charge on any atom is -0.508 e. The van der Waals surface area contributed by atoms with Gasteiger partial charge in [0.15, 0.2) is 5.70 Å². The molecule has 0 aliphatic carbocycles. The Balaban J connectivity index is 1.95. The lowest BCUT2D eigenvalue weighted by Gasteiger charge is -1.99. The van der Waals surface area contributed by atoms with Crippen LogP contribution in [0, 0.1) is 6.92 Å². The smallest absolute Gasteiger partial charge is 0.363 e. The van der Waals surface area contributed by atoms with Gasteiger partial charge in [0.2, 0.25) is 5.90 Å². The number of nitrogens with zero attached hydrogens (tertiary/aromatic N) is 1. The molecule has 0 unspecified atom stereocenters. The number of carbonyl (C=O) groups excluding carboxylic acids is 1. The normalized spacial score (nSPS) is 15.8. The summed E-state index contributed by atoms with van der Waals surface area (Å²) < 4.78 is 5.15. The Morgan fingerprint density at radius 3 is 2.50 bits per heavy atom. The van der Waals surface area contributed by atoms with Crippen LogP contribution in [0.15, 0.2) is 53.2 Å². The maximum absolute atomic E-state index is 11.9. The number of rotatable bonds is 2. The van der Waals surface area contributed by atoms with E-state index in [0.717, 1.165) is 5.56 Å². The topological polar surface area (TPSA) is 79.1 Å². The number of cyclic esters (lactones) is 1. The van der Waals surface area contributed by atoms with Gasteiger partial charge in [-0.3, -0.25) is 0 Å². The molecular formula is C17H13NO4. The molecule has 0 fully saturated rings. The van der Waals surface area contributed by atoms with E-state index in [1.54, 1.807) is 0 Å². The van der Waals surface area contributed by atoms with Gasteiger partial charge in [0.05, 0.1) is 0 Å². The molecule has 1 heterocycles. The predicted octanol–water partition coefficient (Wildman–Crippen LogP) is 2.75. The Labute approximate surface area is 126 Å². The van der Waals surface area contributed by atoms with E-state index < -0.39 is 5.97 Å². The van der Waals surface area contributed by atoms with Gasteiger partial charge in [-0.05, 0) is 37.3 Å². The lowest BCUT2D eigenvalue weighted by molar-refractivity contribution is -0.129. The molecule has 0 radical (unpaired) electrons. The molecule has 2 aromatic rings. The fourth-order valence-electron chi connectivity index (χ4n) is 2.03. The second kappa shape index (κ2) is 5.37. The molecule has 1 aliphatic heterocycles. The summed E-state index contributed by atoms with van der Waals surface area (Å²) in [4.78, 5) is 16.0. The van der Waals surface area contributed by atoms with Crippen LogP contribution in [0.4, 0.5) is 0 Å². The largest absolute Gasteiger partial charge is 0.508 e. The van der Waals surface area contributed by atoms with Gasteiger partial charge in [-0.1, -0.05) is 17.7 Å². The SMILES string of the molecule is Cc1ccc(C2=N/C(=C/c3ccc(O)cc3O)C(=O)O2)cc1. The summed E-state index contributed by atoms with van der Waals surface area (Å²) in [6.45, 7) is 1.96. The van der Waals surface area contributed by atoms with E-state index in [9.17, 15) is 15.0 Å². The number of aromatic hydroxyl groups is 2. The third kappa shape index (κ3) is 2.69. The number of aliphatic imine (C=N–C) groups is 1. The van der Waals surface area contributed by atoms with Crippen LogP contribution < -0.4 is 0 Å². The van der Waals surface area contributed by atoms with E-state index >= 15 is 0 Å². The van der Waals surface area contributed by atoms with E-state index in [-0.39, 0.29) is 23.1 Å². The molecule has 0 spiro atoms. The minimum atomic E-state index is -0.581. The Bertz CT molecular complexity index is 804. The fraction of sp³-hybridized carbons (Fsp3) is 0.0588. The predicted molar refractivity (Wildman–Crippen MR) is 81.6 cm³/mol. The van der Waals surface area contributed by atoms with Crippen molar-refractivity contribution in [1.29, 1.82) is 0 Å². The Hall–Kier alpha value is -3.08. The van der Waals surface area contributed by atoms with E-state index in [1.165, 1.54) is 24.3 Å². The molecule has 22 heavy (non-hydrogen) atoms. The fourth-order valence-corrected chi connectivity index (χ4v) is 2.03. The van der Waals surface area contributed by atoms with Gasteiger partial charge in [-0.25, -0.2) is 9.79 Å². The summed E-state index contributed by atoms with van der Waals surface area (Å²) in [6.07, 6.45) is 1.41. The van der Waals surface area contributed by atoms with Gasteiger partial charge in [-0.15, -0.1) is 0 Å². The number of phenols is 2. The molecule has 0 saturated heterocycles. The molecule has 110 valence electrons. The second-order valence-electron chi connectivity index (χ2n) is 4.95. The first kappa shape index (κ1) is 13.9. The van der Waals surface area contributed by atoms with Gasteiger partial charge in [-0.2, -0.15) is 0 Å². The van der Waals surface area contributed by atoms with Crippen molar-refractivity contribution in [3.05, 3.63) is 64.9 Å². The molecule has 0 saturated carbocycles. The molecule has 5 nitrogen and oxygen atoms in total. The Kier molecular flexibility index (Phi) is 3.39.